The number of carbonyl (C=O) groups excluding carboxylic acids is 1. The van der Waals surface area contributed by atoms with E-state index in [-0.39, 0.29) is 6.03 Å². The van der Waals surface area contributed by atoms with Crippen molar-refractivity contribution in [3.05, 3.63) is 18.0 Å². The van der Waals surface area contributed by atoms with Gasteiger partial charge in [-0.15, -0.1) is 0 Å². The molecule has 2 amide bonds. The molecule has 1 rings (SSSR count). The van der Waals surface area contributed by atoms with E-state index in [0.717, 1.165) is 18.8 Å². The molecule has 1 unspecified atom stereocenters. The maximum atomic E-state index is 11.9. The van der Waals surface area contributed by atoms with Crippen LogP contribution in [-0.4, -0.2) is 54.7 Å². The van der Waals surface area contributed by atoms with Crippen molar-refractivity contribution in [1.29, 1.82) is 0 Å². The topological polar surface area (TPSA) is 61.6 Å². The molecular formula is C13H24N4O2. The standard InChI is InChI=1S/C13H24N4O2/c1-5-16(3)9-11(2)8-14-13(18)17(4)10-12-6-7-19-15-12/h6-7,11H,5,8-10H2,1-4H3,(H,14,18). The Morgan fingerprint density at radius 1 is 1.53 bits per heavy atom. The third-order valence-corrected chi connectivity index (χ3v) is 3.00. The second-order valence-corrected chi connectivity index (χ2v) is 4.99. The lowest BCUT2D eigenvalue weighted by molar-refractivity contribution is 0.201. The number of hydrogen-bond acceptors (Lipinski definition) is 4. The first-order valence-electron chi connectivity index (χ1n) is 6.59. The Balaban J connectivity index is 2.26. The zero-order chi connectivity index (χ0) is 14.3. The van der Waals surface area contributed by atoms with Crippen LogP contribution in [0.1, 0.15) is 19.5 Å². The van der Waals surface area contributed by atoms with Gasteiger partial charge in [-0.05, 0) is 19.5 Å². The summed E-state index contributed by atoms with van der Waals surface area (Å²) < 4.78 is 4.74. The van der Waals surface area contributed by atoms with Gasteiger partial charge in [-0.2, -0.15) is 0 Å². The highest BCUT2D eigenvalue weighted by atomic mass is 16.5. The zero-order valence-corrected chi connectivity index (χ0v) is 12.2. The molecule has 0 saturated carbocycles. The lowest BCUT2D eigenvalue weighted by Crippen LogP contribution is -2.40. The highest BCUT2D eigenvalue weighted by Gasteiger charge is 2.12. The number of amides is 2. The molecular weight excluding hydrogens is 244 g/mol. The maximum absolute atomic E-state index is 11.9. The van der Waals surface area contributed by atoms with Crippen LogP contribution in [0.3, 0.4) is 0 Å². The highest BCUT2D eigenvalue weighted by Crippen LogP contribution is 2.01. The van der Waals surface area contributed by atoms with E-state index in [1.807, 2.05) is 0 Å². The van der Waals surface area contributed by atoms with Gasteiger partial charge in [0.25, 0.3) is 0 Å². The predicted molar refractivity (Wildman–Crippen MR) is 73.7 cm³/mol. The van der Waals surface area contributed by atoms with Crippen molar-refractivity contribution < 1.29 is 9.32 Å². The fourth-order valence-electron chi connectivity index (χ4n) is 1.76. The molecule has 1 aromatic rings. The molecule has 1 aromatic heterocycles. The average molecular weight is 268 g/mol. The summed E-state index contributed by atoms with van der Waals surface area (Å²) in [6, 6.07) is 1.66. The lowest BCUT2D eigenvalue weighted by atomic mass is 10.1. The summed E-state index contributed by atoms with van der Waals surface area (Å²) in [5.41, 5.74) is 0.747. The largest absolute Gasteiger partial charge is 0.364 e. The van der Waals surface area contributed by atoms with Gasteiger partial charge in [0.15, 0.2) is 0 Å². The van der Waals surface area contributed by atoms with E-state index in [1.54, 1.807) is 18.0 Å². The van der Waals surface area contributed by atoms with Gasteiger partial charge in [-0.1, -0.05) is 19.0 Å². The fraction of sp³-hybridized carbons (Fsp3) is 0.692. The Morgan fingerprint density at radius 3 is 2.84 bits per heavy atom. The van der Waals surface area contributed by atoms with E-state index in [1.165, 1.54) is 6.26 Å². The fourth-order valence-corrected chi connectivity index (χ4v) is 1.76. The van der Waals surface area contributed by atoms with Gasteiger partial charge in [-0.3, -0.25) is 0 Å². The van der Waals surface area contributed by atoms with Crippen molar-refractivity contribution in [3.8, 4) is 0 Å². The Kier molecular flexibility index (Phi) is 6.35. The van der Waals surface area contributed by atoms with E-state index >= 15 is 0 Å². The number of aromatic nitrogens is 1. The van der Waals surface area contributed by atoms with Gasteiger partial charge >= 0.3 is 6.03 Å². The molecule has 6 nitrogen and oxygen atoms in total. The highest BCUT2D eigenvalue weighted by molar-refractivity contribution is 5.73. The molecule has 1 heterocycles. The number of hydrogen-bond donors (Lipinski definition) is 1. The Labute approximate surface area is 114 Å². The molecule has 108 valence electrons. The van der Waals surface area contributed by atoms with Crippen LogP contribution in [0.5, 0.6) is 0 Å². The molecule has 19 heavy (non-hydrogen) atoms. The van der Waals surface area contributed by atoms with Gasteiger partial charge in [0.05, 0.1) is 6.54 Å². The molecule has 0 aliphatic heterocycles. The van der Waals surface area contributed by atoms with Crippen LogP contribution < -0.4 is 5.32 Å². The Morgan fingerprint density at radius 2 is 2.26 bits per heavy atom. The minimum atomic E-state index is -0.0889. The summed E-state index contributed by atoms with van der Waals surface area (Å²) in [5.74, 6) is 0.425. The zero-order valence-electron chi connectivity index (χ0n) is 12.2. The molecule has 0 saturated heterocycles. The molecule has 1 N–H and O–H groups in total. The van der Waals surface area contributed by atoms with Crippen LogP contribution in [0.4, 0.5) is 4.79 Å². The van der Waals surface area contributed by atoms with Crippen molar-refractivity contribution in [2.45, 2.75) is 20.4 Å². The summed E-state index contributed by atoms with van der Waals surface area (Å²) in [6.07, 6.45) is 1.50. The first kappa shape index (κ1) is 15.5. The molecule has 0 aliphatic carbocycles. The minimum Gasteiger partial charge on any atom is -0.364 e. The van der Waals surface area contributed by atoms with Crippen LogP contribution in [0.15, 0.2) is 16.9 Å². The van der Waals surface area contributed by atoms with Crippen molar-refractivity contribution in [2.24, 2.45) is 5.92 Å². The first-order valence-corrected chi connectivity index (χ1v) is 6.59. The molecule has 6 heteroatoms. The van der Waals surface area contributed by atoms with Crippen molar-refractivity contribution >= 4 is 6.03 Å². The van der Waals surface area contributed by atoms with Crippen LogP contribution in [0, 0.1) is 5.92 Å². The molecule has 0 radical (unpaired) electrons. The molecule has 0 aromatic carbocycles. The van der Waals surface area contributed by atoms with Gasteiger partial charge in [0.2, 0.25) is 0 Å². The molecule has 0 aliphatic rings. The van der Waals surface area contributed by atoms with Crippen molar-refractivity contribution in [2.75, 3.05) is 33.7 Å². The lowest BCUT2D eigenvalue weighted by Gasteiger charge is -2.22. The monoisotopic (exact) mass is 268 g/mol. The van der Waals surface area contributed by atoms with Gasteiger partial charge in [0, 0.05) is 26.2 Å². The predicted octanol–water partition coefficient (Wildman–Crippen LogP) is 1.40. The van der Waals surface area contributed by atoms with E-state index < -0.39 is 0 Å². The summed E-state index contributed by atoms with van der Waals surface area (Å²) in [6.45, 7) is 7.37. The molecule has 0 fully saturated rings. The molecule has 0 spiro atoms. The van der Waals surface area contributed by atoms with Gasteiger partial charge in [0.1, 0.15) is 12.0 Å². The third kappa shape index (κ3) is 5.74. The summed E-state index contributed by atoms with van der Waals surface area (Å²) >= 11 is 0. The quantitative estimate of drug-likeness (QED) is 0.812. The third-order valence-electron chi connectivity index (χ3n) is 3.00. The first-order chi connectivity index (χ1) is 9.02. The van der Waals surface area contributed by atoms with Crippen LogP contribution in [0.25, 0.3) is 0 Å². The van der Waals surface area contributed by atoms with Crippen molar-refractivity contribution in [3.63, 3.8) is 0 Å². The Bertz CT molecular complexity index is 367. The van der Waals surface area contributed by atoms with E-state index in [4.69, 9.17) is 4.52 Å². The smallest absolute Gasteiger partial charge is 0.317 e. The summed E-state index contributed by atoms with van der Waals surface area (Å²) in [7, 11) is 3.82. The number of rotatable bonds is 7. The maximum Gasteiger partial charge on any atom is 0.317 e. The van der Waals surface area contributed by atoms with Crippen molar-refractivity contribution in [1.82, 2.24) is 20.3 Å². The van der Waals surface area contributed by atoms with Gasteiger partial charge < -0.3 is 19.6 Å². The number of nitrogens with zero attached hydrogens (tertiary/aromatic N) is 3. The number of nitrogens with one attached hydrogen (secondary N) is 1. The second kappa shape index (κ2) is 7.78. The summed E-state index contributed by atoms with van der Waals surface area (Å²) in [4.78, 5) is 15.7. The number of carbonyl (C=O) groups is 1. The Hall–Kier alpha value is -1.56. The minimum absolute atomic E-state index is 0.0889. The molecule has 0 bridgehead atoms. The SMILES string of the molecule is CCN(C)CC(C)CNC(=O)N(C)Cc1ccon1. The number of urea groups is 1. The van der Waals surface area contributed by atoms with Crippen LogP contribution in [-0.2, 0) is 6.54 Å². The van der Waals surface area contributed by atoms with Gasteiger partial charge in [-0.25, -0.2) is 4.79 Å². The van der Waals surface area contributed by atoms with E-state index in [0.29, 0.717) is 19.0 Å². The second-order valence-electron chi connectivity index (χ2n) is 4.99. The van der Waals surface area contributed by atoms with Crippen LogP contribution >= 0.6 is 0 Å². The van der Waals surface area contributed by atoms with Crippen LogP contribution in [0.2, 0.25) is 0 Å². The normalized spacial score (nSPS) is 12.5. The van der Waals surface area contributed by atoms with E-state index in [9.17, 15) is 4.79 Å². The molecule has 1 atom stereocenters. The van der Waals surface area contributed by atoms with E-state index in [2.05, 4.69) is 36.3 Å². The summed E-state index contributed by atoms with van der Waals surface area (Å²) in [5, 5.41) is 6.71. The average Bonchev–Trinajstić information content (AvgIpc) is 2.88.